The molecule has 8 heteroatoms. The van der Waals surface area contributed by atoms with Gasteiger partial charge in [-0.2, -0.15) is 0 Å². The highest BCUT2D eigenvalue weighted by Gasteiger charge is 2.10. The number of hydrogen-bond donors (Lipinski definition) is 1. The Kier molecular flexibility index (Phi) is 76.8. The summed E-state index contributed by atoms with van der Waals surface area (Å²) in [6.45, 7) is 6.82. The smallest absolute Gasteiger partial charge is 0.316 e. The van der Waals surface area contributed by atoms with Gasteiger partial charge in [-0.15, -0.1) is 0 Å². The zero-order chi connectivity index (χ0) is 43.4. The number of carboxylic acid groups (broad SMARTS) is 1. The van der Waals surface area contributed by atoms with Crippen molar-refractivity contribution in [2.45, 2.75) is 329 Å². The van der Waals surface area contributed by atoms with Crippen LogP contribution in [0.2, 0.25) is 0 Å². The number of carbonyl (C=O) groups excluding carboxylic acids is 2. The Morgan fingerprint density at radius 2 is 0.403 bits per heavy atom. The van der Waals surface area contributed by atoms with E-state index in [1.54, 1.807) is 0 Å². The van der Waals surface area contributed by atoms with Crippen LogP contribution in [0.5, 0.6) is 0 Å². The summed E-state index contributed by atoms with van der Waals surface area (Å²) in [5.74, 6) is -1.30. The molecule has 62 heavy (non-hydrogen) atoms. The first-order chi connectivity index (χ1) is 29.0. The molecule has 0 amide bonds. The molecule has 0 aromatic rings. The molecule has 0 aliphatic carbocycles. The highest BCUT2D eigenvalue weighted by atomic mass is 24.3. The number of hydrogen-bond acceptors (Lipinski definition) is 4. The number of unbranched alkanes of at least 4 members (excludes halogenated alkanes) is 42. The van der Waals surface area contributed by atoms with E-state index < -0.39 is 5.97 Å². The second kappa shape index (κ2) is 66.2. The predicted molar refractivity (Wildman–Crippen MR) is 283 cm³/mol. The van der Waals surface area contributed by atoms with Crippen LogP contribution in [0.4, 0.5) is 0 Å². The fraction of sp³-hybridized carbons (Fsp3) is 0.944. The second-order valence-electron chi connectivity index (χ2n) is 18.3. The molecule has 0 rings (SSSR count). The van der Waals surface area contributed by atoms with Crippen molar-refractivity contribution in [2.75, 3.05) is 0 Å². The SMILES string of the molecule is CCCCCCCCCCCCCCCCCC(=O)O.CCCCCCCCCCCCCCCCCC(=O)OC(=O)CCCCCCCCCCCCCCCCC.[MgH2].[MgH2].[MgH2]. The van der Waals surface area contributed by atoms with Crippen molar-refractivity contribution in [3.63, 3.8) is 0 Å². The second-order valence-corrected chi connectivity index (χ2v) is 18.3. The van der Waals surface area contributed by atoms with Gasteiger partial charge in [0, 0.05) is 19.3 Å². The molecule has 364 valence electrons. The Morgan fingerprint density at radius 1 is 0.258 bits per heavy atom. The standard InChI is InChI=1S/C36H70O3.C18H36O2.3Mg.6H/c1-3-5-7-9-11-13-15-17-19-21-23-25-27-29-31-33-35(37)39-36(38)34-32-30-28-26-24-22-20-18-16-14-12-10-8-6-4-2;1-2-3-4-5-6-7-8-9-10-11-12-13-14-15-16-17-18(19)20;;;;;;;;;/h3-34H2,1-2H3;2-17H2,1H3,(H,19,20);;;;;;;;;. The largest absolute Gasteiger partial charge is 0.481 e. The van der Waals surface area contributed by atoms with Gasteiger partial charge < -0.3 is 9.84 Å². The van der Waals surface area contributed by atoms with Crippen LogP contribution in [0.15, 0.2) is 0 Å². The van der Waals surface area contributed by atoms with Crippen molar-refractivity contribution in [1.82, 2.24) is 0 Å². The fourth-order valence-corrected chi connectivity index (χ4v) is 8.16. The molecule has 0 unspecified atom stereocenters. The summed E-state index contributed by atoms with van der Waals surface area (Å²) in [6, 6.07) is 0. The Morgan fingerprint density at radius 3 is 0.565 bits per heavy atom. The van der Waals surface area contributed by atoms with Crippen LogP contribution in [-0.4, -0.2) is 92.2 Å². The molecule has 0 radical (unpaired) electrons. The number of esters is 2. The number of carboxylic acids is 1. The maximum atomic E-state index is 11.9. The average Bonchev–Trinajstić information content (AvgIpc) is 3.22. The minimum atomic E-state index is -0.653. The van der Waals surface area contributed by atoms with Gasteiger partial charge in [-0.1, -0.05) is 290 Å². The summed E-state index contributed by atoms with van der Waals surface area (Å²) in [5.41, 5.74) is 0. The number of rotatable bonds is 48. The topological polar surface area (TPSA) is 80.7 Å². The molecule has 0 aromatic heterocycles. The quantitative estimate of drug-likeness (QED) is 0.0285. The number of aliphatic carboxylic acids is 1. The van der Waals surface area contributed by atoms with Gasteiger partial charge in [0.15, 0.2) is 0 Å². The summed E-state index contributed by atoms with van der Waals surface area (Å²) in [7, 11) is 0. The van der Waals surface area contributed by atoms with E-state index >= 15 is 0 Å². The van der Waals surface area contributed by atoms with Gasteiger partial charge in [0.05, 0.1) is 0 Å². The molecular formula is C54H112Mg3O5. The third kappa shape index (κ3) is 69.9. The first-order valence-electron chi connectivity index (χ1n) is 26.9. The highest BCUT2D eigenvalue weighted by Crippen LogP contribution is 2.17. The molecule has 0 saturated carbocycles. The van der Waals surface area contributed by atoms with Gasteiger partial charge in [-0.25, -0.2) is 0 Å². The Bertz CT molecular complexity index is 799. The van der Waals surface area contributed by atoms with Crippen LogP contribution in [0.1, 0.15) is 329 Å². The molecule has 5 nitrogen and oxygen atoms in total. The Balaban J connectivity index is -0.000000400. The lowest BCUT2D eigenvalue weighted by Gasteiger charge is -2.05. The fourth-order valence-electron chi connectivity index (χ4n) is 8.16. The van der Waals surface area contributed by atoms with Crippen molar-refractivity contribution >= 4 is 87.1 Å². The van der Waals surface area contributed by atoms with E-state index in [9.17, 15) is 14.4 Å². The molecule has 0 saturated heterocycles. The van der Waals surface area contributed by atoms with E-state index in [0.29, 0.717) is 19.3 Å². The molecule has 1 N–H and O–H groups in total. The lowest BCUT2D eigenvalue weighted by molar-refractivity contribution is -0.159. The highest BCUT2D eigenvalue weighted by molar-refractivity contribution is 5.85. The lowest BCUT2D eigenvalue weighted by Crippen LogP contribution is -2.11. The Labute approximate surface area is 436 Å². The zero-order valence-electron chi connectivity index (χ0n) is 40.5. The van der Waals surface area contributed by atoms with E-state index in [0.717, 1.165) is 38.5 Å². The molecule has 0 aromatic carbocycles. The molecule has 0 spiro atoms. The van der Waals surface area contributed by atoms with E-state index in [4.69, 9.17) is 9.84 Å². The maximum absolute atomic E-state index is 11.9. The normalized spacial score (nSPS) is 10.6. The third-order valence-electron chi connectivity index (χ3n) is 12.2. The van der Waals surface area contributed by atoms with Crippen LogP contribution >= 0.6 is 0 Å². The molecule has 0 aliphatic rings. The number of ether oxygens (including phenoxy) is 1. The monoisotopic (exact) mass is 913 g/mol. The molecule has 0 aliphatic heterocycles. The van der Waals surface area contributed by atoms with Gasteiger partial charge in [-0.3, -0.25) is 14.4 Å². The average molecular weight is 914 g/mol. The predicted octanol–water partition coefficient (Wildman–Crippen LogP) is 16.2. The van der Waals surface area contributed by atoms with Gasteiger partial charge in [0.25, 0.3) is 0 Å². The first-order valence-corrected chi connectivity index (χ1v) is 26.9. The van der Waals surface area contributed by atoms with Crippen molar-refractivity contribution < 1.29 is 24.2 Å². The van der Waals surface area contributed by atoms with Gasteiger partial charge >= 0.3 is 87.1 Å². The van der Waals surface area contributed by atoms with Crippen molar-refractivity contribution in [2.24, 2.45) is 0 Å². The van der Waals surface area contributed by atoms with Crippen molar-refractivity contribution in [3.8, 4) is 0 Å². The number of carbonyl (C=O) groups is 3. The van der Waals surface area contributed by atoms with Crippen molar-refractivity contribution in [1.29, 1.82) is 0 Å². The summed E-state index contributed by atoms with van der Waals surface area (Å²) in [5, 5.41) is 8.52. The van der Waals surface area contributed by atoms with E-state index in [2.05, 4.69) is 20.8 Å². The molecular weight excluding hydrogens is 802 g/mol. The third-order valence-corrected chi connectivity index (χ3v) is 12.2. The summed E-state index contributed by atoms with van der Waals surface area (Å²) in [6.07, 6.45) is 60.3. The van der Waals surface area contributed by atoms with Crippen LogP contribution < -0.4 is 0 Å². The van der Waals surface area contributed by atoms with Gasteiger partial charge in [0.2, 0.25) is 0 Å². The molecule has 0 atom stereocenters. The lowest BCUT2D eigenvalue weighted by atomic mass is 10.0. The van der Waals surface area contributed by atoms with Gasteiger partial charge in [0.1, 0.15) is 0 Å². The van der Waals surface area contributed by atoms with E-state index in [1.807, 2.05) is 0 Å². The van der Waals surface area contributed by atoms with Crippen LogP contribution in [0.3, 0.4) is 0 Å². The summed E-state index contributed by atoms with van der Waals surface area (Å²) >= 11 is 0. The molecule has 0 bridgehead atoms. The van der Waals surface area contributed by atoms with Gasteiger partial charge in [-0.05, 0) is 19.3 Å². The molecule has 0 fully saturated rings. The summed E-state index contributed by atoms with van der Waals surface area (Å²) < 4.78 is 5.01. The van der Waals surface area contributed by atoms with Crippen LogP contribution in [-0.2, 0) is 19.1 Å². The van der Waals surface area contributed by atoms with Crippen LogP contribution in [0, 0.1) is 0 Å². The maximum Gasteiger partial charge on any atom is 0.316 e. The molecule has 0 heterocycles. The van der Waals surface area contributed by atoms with Crippen LogP contribution in [0.25, 0.3) is 0 Å². The minimum absolute atomic E-state index is 0. The summed E-state index contributed by atoms with van der Waals surface area (Å²) in [4.78, 5) is 34.1. The van der Waals surface area contributed by atoms with Crippen molar-refractivity contribution in [3.05, 3.63) is 0 Å². The van der Waals surface area contributed by atoms with E-state index in [-0.39, 0.29) is 81.1 Å². The Hall–Kier alpha value is 0.909. The zero-order valence-corrected chi connectivity index (χ0v) is 40.5. The van der Waals surface area contributed by atoms with E-state index in [1.165, 1.54) is 250 Å². The minimum Gasteiger partial charge on any atom is -0.481 e. The first kappa shape index (κ1) is 71.9.